The van der Waals surface area contributed by atoms with Crippen molar-refractivity contribution in [1.29, 1.82) is 5.26 Å². The summed E-state index contributed by atoms with van der Waals surface area (Å²) in [7, 11) is 0. The molecule has 0 saturated heterocycles. The minimum absolute atomic E-state index is 0.274. The Bertz CT molecular complexity index is 606. The molecule has 4 nitrogen and oxygen atoms in total. The topological polar surface area (TPSA) is 53.3 Å². The lowest BCUT2D eigenvalue weighted by Gasteiger charge is -2.29. The van der Waals surface area contributed by atoms with Gasteiger partial charge in [-0.15, -0.1) is 0 Å². The van der Waals surface area contributed by atoms with Gasteiger partial charge in [0.1, 0.15) is 5.60 Å². The standard InChI is InChI=1S/C17H20N2O2/c1-17(2,3)21-16(20)19-9-7-14(8-10-19)15-6-4-5-13(11-15)12-18/h4-7,11H,8-10H2,1-3H3. The second kappa shape index (κ2) is 6.01. The largest absolute Gasteiger partial charge is 0.444 e. The first-order valence-electron chi connectivity index (χ1n) is 7.06. The summed E-state index contributed by atoms with van der Waals surface area (Å²) in [5.74, 6) is 0. The molecule has 0 aliphatic carbocycles. The van der Waals surface area contributed by atoms with Gasteiger partial charge < -0.3 is 9.64 Å². The Balaban J connectivity index is 2.05. The molecule has 110 valence electrons. The zero-order chi connectivity index (χ0) is 15.5. The number of nitrogens with zero attached hydrogens (tertiary/aromatic N) is 2. The molecule has 0 saturated carbocycles. The van der Waals surface area contributed by atoms with E-state index in [1.165, 1.54) is 5.57 Å². The Hall–Kier alpha value is -2.28. The van der Waals surface area contributed by atoms with Crippen LogP contribution in [0.1, 0.15) is 38.3 Å². The third-order valence-electron chi connectivity index (χ3n) is 3.22. The van der Waals surface area contributed by atoms with Crippen molar-refractivity contribution in [2.45, 2.75) is 32.8 Å². The number of hydrogen-bond donors (Lipinski definition) is 0. The van der Waals surface area contributed by atoms with Crippen molar-refractivity contribution in [3.05, 3.63) is 41.5 Å². The SMILES string of the molecule is CC(C)(C)OC(=O)N1CC=C(c2cccc(C#N)c2)CC1. The summed E-state index contributed by atoms with van der Waals surface area (Å²) in [5.41, 5.74) is 2.41. The van der Waals surface area contributed by atoms with Gasteiger partial charge in [-0.1, -0.05) is 18.2 Å². The molecule has 1 heterocycles. The fourth-order valence-electron chi connectivity index (χ4n) is 2.21. The molecular formula is C17H20N2O2. The highest BCUT2D eigenvalue weighted by atomic mass is 16.6. The van der Waals surface area contributed by atoms with E-state index < -0.39 is 5.60 Å². The van der Waals surface area contributed by atoms with Crippen LogP contribution in [0.5, 0.6) is 0 Å². The lowest BCUT2D eigenvalue weighted by atomic mass is 9.98. The monoisotopic (exact) mass is 284 g/mol. The summed E-state index contributed by atoms with van der Waals surface area (Å²) in [6, 6.07) is 9.70. The minimum Gasteiger partial charge on any atom is -0.444 e. The van der Waals surface area contributed by atoms with Gasteiger partial charge in [0.05, 0.1) is 11.6 Å². The normalized spacial score (nSPS) is 15.1. The summed E-state index contributed by atoms with van der Waals surface area (Å²) in [6.45, 7) is 6.77. The molecule has 2 rings (SSSR count). The van der Waals surface area contributed by atoms with E-state index >= 15 is 0 Å². The van der Waals surface area contributed by atoms with Gasteiger partial charge in [-0.25, -0.2) is 4.79 Å². The van der Waals surface area contributed by atoms with Gasteiger partial charge in [0.25, 0.3) is 0 Å². The third kappa shape index (κ3) is 4.09. The summed E-state index contributed by atoms with van der Waals surface area (Å²) in [4.78, 5) is 13.7. The zero-order valence-electron chi connectivity index (χ0n) is 12.7. The van der Waals surface area contributed by atoms with E-state index in [1.54, 1.807) is 11.0 Å². The van der Waals surface area contributed by atoms with Gasteiger partial charge >= 0.3 is 6.09 Å². The van der Waals surface area contributed by atoms with Crippen LogP contribution >= 0.6 is 0 Å². The molecule has 1 aromatic rings. The van der Waals surface area contributed by atoms with Gasteiger partial charge in [-0.2, -0.15) is 5.26 Å². The van der Waals surface area contributed by atoms with Crippen molar-refractivity contribution in [1.82, 2.24) is 4.90 Å². The first-order valence-corrected chi connectivity index (χ1v) is 7.06. The second-order valence-corrected chi connectivity index (χ2v) is 6.10. The predicted octanol–water partition coefficient (Wildman–Crippen LogP) is 3.58. The van der Waals surface area contributed by atoms with Crippen molar-refractivity contribution in [2.24, 2.45) is 0 Å². The van der Waals surface area contributed by atoms with Crippen LogP contribution in [-0.2, 0) is 4.74 Å². The number of nitriles is 1. The summed E-state index contributed by atoms with van der Waals surface area (Å²) in [5, 5.41) is 8.94. The van der Waals surface area contributed by atoms with Crippen LogP contribution in [0.3, 0.4) is 0 Å². The van der Waals surface area contributed by atoms with Crippen LogP contribution in [0.25, 0.3) is 5.57 Å². The minimum atomic E-state index is -0.470. The maximum atomic E-state index is 12.0. The molecule has 1 amide bonds. The highest BCUT2D eigenvalue weighted by Crippen LogP contribution is 2.24. The van der Waals surface area contributed by atoms with Crippen LogP contribution < -0.4 is 0 Å². The maximum absolute atomic E-state index is 12.0. The fourth-order valence-corrected chi connectivity index (χ4v) is 2.21. The highest BCUT2D eigenvalue weighted by molar-refractivity contribution is 5.73. The number of benzene rings is 1. The zero-order valence-corrected chi connectivity index (χ0v) is 12.7. The molecule has 0 spiro atoms. The van der Waals surface area contributed by atoms with Crippen LogP contribution in [0.2, 0.25) is 0 Å². The molecule has 0 N–H and O–H groups in total. The average Bonchev–Trinajstić information content (AvgIpc) is 2.46. The van der Waals surface area contributed by atoms with Crippen molar-refractivity contribution < 1.29 is 9.53 Å². The number of amides is 1. The molecule has 0 unspecified atom stereocenters. The van der Waals surface area contributed by atoms with Gasteiger partial charge in [0, 0.05) is 13.1 Å². The van der Waals surface area contributed by atoms with E-state index in [4.69, 9.17) is 10.00 Å². The molecule has 0 radical (unpaired) electrons. The van der Waals surface area contributed by atoms with Gasteiger partial charge in [-0.05, 0) is 50.5 Å². The molecule has 0 fully saturated rings. The molecule has 21 heavy (non-hydrogen) atoms. The van der Waals surface area contributed by atoms with Crippen molar-refractivity contribution in [2.75, 3.05) is 13.1 Å². The van der Waals surface area contributed by atoms with E-state index in [9.17, 15) is 4.79 Å². The van der Waals surface area contributed by atoms with Gasteiger partial charge in [0.15, 0.2) is 0 Å². The molecule has 1 aliphatic heterocycles. The first kappa shape index (κ1) is 15.1. The Morgan fingerprint density at radius 3 is 2.71 bits per heavy atom. The Kier molecular flexibility index (Phi) is 4.32. The summed E-state index contributed by atoms with van der Waals surface area (Å²) >= 11 is 0. The van der Waals surface area contributed by atoms with E-state index in [0.29, 0.717) is 18.7 Å². The van der Waals surface area contributed by atoms with Crippen molar-refractivity contribution in [3.8, 4) is 6.07 Å². The molecule has 0 atom stereocenters. The number of rotatable bonds is 1. The predicted molar refractivity (Wildman–Crippen MR) is 81.6 cm³/mol. The quantitative estimate of drug-likeness (QED) is 0.792. The molecule has 1 aromatic carbocycles. The van der Waals surface area contributed by atoms with E-state index in [-0.39, 0.29) is 6.09 Å². The van der Waals surface area contributed by atoms with Crippen LogP contribution in [0.15, 0.2) is 30.3 Å². The van der Waals surface area contributed by atoms with Crippen LogP contribution in [0.4, 0.5) is 4.79 Å². The average molecular weight is 284 g/mol. The lowest BCUT2D eigenvalue weighted by Crippen LogP contribution is -2.39. The Labute approximate surface area is 125 Å². The highest BCUT2D eigenvalue weighted by Gasteiger charge is 2.23. The molecule has 0 bridgehead atoms. The Morgan fingerprint density at radius 2 is 2.14 bits per heavy atom. The van der Waals surface area contributed by atoms with E-state index in [0.717, 1.165) is 12.0 Å². The lowest BCUT2D eigenvalue weighted by molar-refractivity contribution is 0.0270. The summed E-state index contributed by atoms with van der Waals surface area (Å²) < 4.78 is 5.37. The molecule has 4 heteroatoms. The number of ether oxygens (including phenoxy) is 1. The maximum Gasteiger partial charge on any atom is 0.410 e. The molecule has 0 aromatic heterocycles. The molecular weight excluding hydrogens is 264 g/mol. The summed E-state index contributed by atoms with van der Waals surface area (Å²) in [6.07, 6.45) is 2.53. The number of carbonyl (C=O) groups is 1. The van der Waals surface area contributed by atoms with Crippen LogP contribution in [-0.4, -0.2) is 29.7 Å². The number of hydrogen-bond acceptors (Lipinski definition) is 3. The van der Waals surface area contributed by atoms with Crippen molar-refractivity contribution >= 4 is 11.7 Å². The Morgan fingerprint density at radius 1 is 1.38 bits per heavy atom. The van der Waals surface area contributed by atoms with Gasteiger partial charge in [-0.3, -0.25) is 0 Å². The third-order valence-corrected chi connectivity index (χ3v) is 3.22. The number of carbonyl (C=O) groups excluding carboxylic acids is 1. The van der Waals surface area contributed by atoms with Gasteiger partial charge in [0.2, 0.25) is 0 Å². The first-order chi connectivity index (χ1) is 9.89. The smallest absolute Gasteiger partial charge is 0.410 e. The molecule has 1 aliphatic rings. The van der Waals surface area contributed by atoms with Crippen LogP contribution in [0, 0.1) is 11.3 Å². The second-order valence-electron chi connectivity index (χ2n) is 6.10. The van der Waals surface area contributed by atoms with E-state index in [1.807, 2.05) is 45.0 Å². The fraction of sp³-hybridized carbons (Fsp3) is 0.412. The van der Waals surface area contributed by atoms with Crippen molar-refractivity contribution in [3.63, 3.8) is 0 Å². The van der Waals surface area contributed by atoms with E-state index in [2.05, 4.69) is 6.07 Å².